The highest BCUT2D eigenvalue weighted by molar-refractivity contribution is 5.56. The van der Waals surface area contributed by atoms with Crippen molar-refractivity contribution in [1.29, 1.82) is 0 Å². The summed E-state index contributed by atoms with van der Waals surface area (Å²) in [5.74, 6) is 1.11. The first-order valence-electron chi connectivity index (χ1n) is 10.2. The molecule has 1 heteroatoms. The van der Waals surface area contributed by atoms with Gasteiger partial charge in [-0.05, 0) is 85.9 Å². The van der Waals surface area contributed by atoms with E-state index in [2.05, 4.69) is 72.7 Å². The molecular weight excluding hydrogens is 314 g/mol. The van der Waals surface area contributed by atoms with Crippen LogP contribution in [0.3, 0.4) is 0 Å². The van der Waals surface area contributed by atoms with Crippen LogP contribution in [0.4, 0.5) is 5.69 Å². The van der Waals surface area contributed by atoms with Gasteiger partial charge in [0.25, 0.3) is 0 Å². The highest BCUT2D eigenvalue weighted by Crippen LogP contribution is 2.39. The molecule has 2 unspecified atom stereocenters. The molecule has 2 rings (SSSR count). The number of unbranched alkanes of at least 4 members (excludes halogenated alkanes) is 1. The van der Waals surface area contributed by atoms with Crippen LogP contribution in [0.25, 0.3) is 0 Å². The van der Waals surface area contributed by atoms with Crippen molar-refractivity contribution in [1.82, 2.24) is 0 Å². The van der Waals surface area contributed by atoms with Crippen LogP contribution in [0.5, 0.6) is 0 Å². The summed E-state index contributed by atoms with van der Waals surface area (Å²) in [5.41, 5.74) is 16.7. The Morgan fingerprint density at radius 2 is 1.23 bits per heavy atom. The smallest absolute Gasteiger partial charge is 0.0373 e. The van der Waals surface area contributed by atoms with Crippen LogP contribution in [0, 0.1) is 40.5 Å². The lowest BCUT2D eigenvalue weighted by Gasteiger charge is -2.29. The average molecular weight is 352 g/mol. The lowest BCUT2D eigenvalue weighted by molar-refractivity contribution is 0.405. The Bertz CT molecular complexity index is 653. The van der Waals surface area contributed by atoms with Gasteiger partial charge in [0.05, 0.1) is 0 Å². The van der Waals surface area contributed by atoms with Crippen molar-refractivity contribution in [3.05, 3.63) is 63.2 Å². The fraction of sp³-hybridized carbons (Fsp3) is 0.520. The van der Waals surface area contributed by atoms with Crippen LogP contribution < -0.4 is 5.73 Å². The summed E-state index contributed by atoms with van der Waals surface area (Å²) in [6.45, 7) is 15.6. The van der Waals surface area contributed by atoms with Gasteiger partial charge in [-0.2, -0.15) is 0 Å². The quantitative estimate of drug-likeness (QED) is 0.526. The second-order valence-corrected chi connectivity index (χ2v) is 8.14. The number of nitrogens with two attached hydrogens (primary N) is 1. The van der Waals surface area contributed by atoms with E-state index >= 15 is 0 Å². The molecule has 0 aliphatic carbocycles. The number of anilines is 1. The standard InChI is InChI=1S/C25H37N/c1-8-10-11-21(9-2)24(22-12-16(3)20(7)17(4)13-22)23-14-18(5)25(26)19(6)15-23/h12-15,21,24H,8-11,26H2,1-7H3. The molecule has 2 N–H and O–H groups in total. The maximum atomic E-state index is 6.25. The Labute approximate surface area is 161 Å². The number of hydrogen-bond acceptors (Lipinski definition) is 1. The first-order chi connectivity index (χ1) is 12.3. The molecule has 0 amide bonds. The summed E-state index contributed by atoms with van der Waals surface area (Å²) < 4.78 is 0. The summed E-state index contributed by atoms with van der Waals surface area (Å²) >= 11 is 0. The third kappa shape index (κ3) is 4.31. The Morgan fingerprint density at radius 1 is 0.769 bits per heavy atom. The topological polar surface area (TPSA) is 26.0 Å². The van der Waals surface area contributed by atoms with E-state index in [1.807, 2.05) is 0 Å². The zero-order valence-electron chi connectivity index (χ0n) is 17.9. The molecule has 1 nitrogen and oxygen atoms in total. The first-order valence-corrected chi connectivity index (χ1v) is 10.2. The highest BCUT2D eigenvalue weighted by Gasteiger charge is 2.25. The van der Waals surface area contributed by atoms with Crippen LogP contribution >= 0.6 is 0 Å². The van der Waals surface area contributed by atoms with Gasteiger partial charge in [-0.15, -0.1) is 0 Å². The van der Waals surface area contributed by atoms with Crippen molar-refractivity contribution in [2.24, 2.45) is 5.92 Å². The Kier molecular flexibility index (Phi) is 6.92. The highest BCUT2D eigenvalue weighted by atomic mass is 14.6. The SMILES string of the molecule is CCCCC(CC)C(c1cc(C)c(C)c(C)c1)c1cc(C)c(N)c(C)c1. The van der Waals surface area contributed by atoms with Crippen molar-refractivity contribution in [3.63, 3.8) is 0 Å². The zero-order valence-corrected chi connectivity index (χ0v) is 17.9. The molecule has 0 spiro atoms. The largest absolute Gasteiger partial charge is 0.398 e. The first kappa shape index (κ1) is 20.6. The van der Waals surface area contributed by atoms with Gasteiger partial charge in [0, 0.05) is 11.6 Å². The van der Waals surface area contributed by atoms with Crippen molar-refractivity contribution in [2.75, 3.05) is 5.73 Å². The molecule has 0 aliphatic rings. The summed E-state index contributed by atoms with van der Waals surface area (Å²) in [7, 11) is 0. The number of hydrogen-bond donors (Lipinski definition) is 1. The van der Waals surface area contributed by atoms with Gasteiger partial charge in [0.2, 0.25) is 0 Å². The van der Waals surface area contributed by atoms with E-state index in [4.69, 9.17) is 5.73 Å². The number of aryl methyl sites for hydroxylation is 4. The fourth-order valence-corrected chi connectivity index (χ4v) is 4.25. The lowest BCUT2D eigenvalue weighted by Crippen LogP contribution is -2.16. The molecule has 0 saturated carbocycles. The summed E-state index contributed by atoms with van der Waals surface area (Å²) in [6, 6.07) is 9.49. The van der Waals surface area contributed by atoms with Crippen LogP contribution in [0.15, 0.2) is 24.3 Å². The second-order valence-electron chi connectivity index (χ2n) is 8.14. The third-order valence-corrected chi connectivity index (χ3v) is 6.21. The van der Waals surface area contributed by atoms with Crippen LogP contribution in [0.2, 0.25) is 0 Å². The predicted molar refractivity (Wildman–Crippen MR) is 116 cm³/mol. The van der Waals surface area contributed by atoms with Crippen molar-refractivity contribution >= 4 is 5.69 Å². The number of rotatable bonds is 7. The Balaban J connectivity index is 2.62. The van der Waals surface area contributed by atoms with Crippen LogP contribution in [-0.2, 0) is 0 Å². The van der Waals surface area contributed by atoms with Crippen molar-refractivity contribution in [3.8, 4) is 0 Å². The molecule has 0 aromatic heterocycles. The van der Waals surface area contributed by atoms with E-state index in [1.165, 1.54) is 64.6 Å². The molecular formula is C25H37N. The second kappa shape index (κ2) is 8.75. The van der Waals surface area contributed by atoms with Gasteiger partial charge in [0.15, 0.2) is 0 Å². The molecule has 0 radical (unpaired) electrons. The summed E-state index contributed by atoms with van der Waals surface area (Å²) in [5, 5.41) is 0. The average Bonchev–Trinajstić information content (AvgIpc) is 2.60. The van der Waals surface area contributed by atoms with E-state index in [1.54, 1.807) is 0 Å². The molecule has 0 aliphatic heterocycles. The van der Waals surface area contributed by atoms with Gasteiger partial charge in [-0.3, -0.25) is 0 Å². The van der Waals surface area contributed by atoms with E-state index in [0.29, 0.717) is 11.8 Å². The minimum Gasteiger partial charge on any atom is -0.398 e. The molecule has 142 valence electrons. The maximum absolute atomic E-state index is 6.25. The molecule has 2 aromatic carbocycles. The van der Waals surface area contributed by atoms with Gasteiger partial charge >= 0.3 is 0 Å². The molecule has 2 aromatic rings. The van der Waals surface area contributed by atoms with E-state index in [-0.39, 0.29) is 0 Å². The van der Waals surface area contributed by atoms with Gasteiger partial charge in [0.1, 0.15) is 0 Å². The van der Waals surface area contributed by atoms with E-state index in [0.717, 1.165) is 5.69 Å². The van der Waals surface area contributed by atoms with E-state index in [9.17, 15) is 0 Å². The van der Waals surface area contributed by atoms with Crippen molar-refractivity contribution < 1.29 is 0 Å². The Hall–Kier alpha value is -1.76. The Morgan fingerprint density at radius 3 is 1.65 bits per heavy atom. The summed E-state index contributed by atoms with van der Waals surface area (Å²) in [6.07, 6.45) is 5.05. The monoisotopic (exact) mass is 351 g/mol. The molecule has 2 atom stereocenters. The molecule has 26 heavy (non-hydrogen) atoms. The summed E-state index contributed by atoms with van der Waals surface area (Å²) in [4.78, 5) is 0. The predicted octanol–water partition coefficient (Wildman–Crippen LogP) is 7.16. The van der Waals surface area contributed by atoms with Gasteiger partial charge in [-0.25, -0.2) is 0 Å². The van der Waals surface area contributed by atoms with Crippen LogP contribution in [-0.4, -0.2) is 0 Å². The molecule has 0 saturated heterocycles. The van der Waals surface area contributed by atoms with Gasteiger partial charge in [-0.1, -0.05) is 57.4 Å². The van der Waals surface area contributed by atoms with E-state index < -0.39 is 0 Å². The maximum Gasteiger partial charge on any atom is 0.0373 e. The van der Waals surface area contributed by atoms with Gasteiger partial charge < -0.3 is 5.73 Å². The minimum absolute atomic E-state index is 0.447. The van der Waals surface area contributed by atoms with Crippen LogP contribution in [0.1, 0.15) is 84.4 Å². The molecule has 0 heterocycles. The number of nitrogen functional groups attached to an aromatic ring is 1. The third-order valence-electron chi connectivity index (χ3n) is 6.21. The van der Waals surface area contributed by atoms with Crippen molar-refractivity contribution in [2.45, 2.75) is 80.1 Å². The number of benzene rings is 2. The lowest BCUT2D eigenvalue weighted by atomic mass is 9.75. The molecule has 0 bridgehead atoms. The molecule has 0 fully saturated rings. The normalized spacial score (nSPS) is 13.7. The minimum atomic E-state index is 0.447. The zero-order chi connectivity index (χ0) is 19.4. The fourth-order valence-electron chi connectivity index (χ4n) is 4.25.